The first-order valence-corrected chi connectivity index (χ1v) is 4.96. The minimum Gasteiger partial charge on any atom is -0.402 e. The van der Waals surface area contributed by atoms with E-state index >= 15 is 0 Å². The van der Waals surface area contributed by atoms with E-state index in [2.05, 4.69) is 14.2 Å². The molecule has 0 bridgehead atoms. The molecular formula is C9H10F10O3. The molecule has 0 amide bonds. The topological polar surface area (TPSA) is 27.7 Å². The maximum Gasteiger partial charge on any atom is 0.405 e. The average molecular weight is 356 g/mol. The third-order valence-electron chi connectivity index (χ3n) is 1.73. The van der Waals surface area contributed by atoms with Gasteiger partial charge in [-0.3, -0.25) is 4.70 Å². The fraction of sp³-hybridized carbons (Fsp3) is 0.778. The molecule has 0 saturated carbocycles. The van der Waals surface area contributed by atoms with Crippen molar-refractivity contribution in [2.24, 2.45) is 0 Å². The molecule has 3 nitrogen and oxygen atoms in total. The first-order valence-electron chi connectivity index (χ1n) is 4.96. The molecule has 0 aliphatic heterocycles. The van der Waals surface area contributed by atoms with Crippen molar-refractivity contribution in [3.05, 3.63) is 12.1 Å². The van der Waals surface area contributed by atoms with Crippen LogP contribution in [0.15, 0.2) is 12.1 Å². The molecule has 0 fully saturated rings. The SMILES string of the molecule is COC(F)(F)COCC(F)(F)CC(F)(F)OC(F)=C(F)F.F. The van der Waals surface area contributed by atoms with Crippen molar-refractivity contribution >= 4 is 0 Å². The fourth-order valence-electron chi connectivity index (χ4n) is 0.936. The van der Waals surface area contributed by atoms with Gasteiger partial charge in [0.1, 0.15) is 19.6 Å². The molecule has 22 heavy (non-hydrogen) atoms. The van der Waals surface area contributed by atoms with Gasteiger partial charge >= 0.3 is 24.3 Å². The maximum atomic E-state index is 13.0. The van der Waals surface area contributed by atoms with Crippen molar-refractivity contribution < 1.29 is 58.4 Å². The third-order valence-corrected chi connectivity index (χ3v) is 1.73. The van der Waals surface area contributed by atoms with Crippen LogP contribution in [0.5, 0.6) is 0 Å². The van der Waals surface area contributed by atoms with E-state index in [1.807, 2.05) is 0 Å². The number of methoxy groups -OCH3 is 1. The van der Waals surface area contributed by atoms with Crippen LogP contribution in [-0.2, 0) is 14.2 Å². The molecule has 0 rings (SSSR count). The van der Waals surface area contributed by atoms with E-state index in [4.69, 9.17) is 0 Å². The molecule has 0 aromatic heterocycles. The first kappa shape index (κ1) is 23.0. The third kappa shape index (κ3) is 9.65. The average Bonchev–Trinajstić information content (AvgIpc) is 2.25. The Morgan fingerprint density at radius 3 is 1.77 bits per heavy atom. The van der Waals surface area contributed by atoms with Gasteiger partial charge in [0.25, 0.3) is 5.92 Å². The Hall–Kier alpha value is -1.24. The Labute approximate surface area is 117 Å². The highest BCUT2D eigenvalue weighted by Crippen LogP contribution is 2.34. The minimum atomic E-state index is -5.00. The van der Waals surface area contributed by atoms with Gasteiger partial charge in [-0.05, 0) is 0 Å². The Morgan fingerprint density at radius 2 is 1.36 bits per heavy atom. The van der Waals surface area contributed by atoms with Gasteiger partial charge in [-0.15, -0.1) is 0 Å². The van der Waals surface area contributed by atoms with Crippen molar-refractivity contribution in [1.29, 1.82) is 0 Å². The van der Waals surface area contributed by atoms with Crippen LogP contribution in [0.2, 0.25) is 0 Å². The van der Waals surface area contributed by atoms with Crippen LogP contribution in [0.4, 0.5) is 44.2 Å². The summed E-state index contributed by atoms with van der Waals surface area (Å²) >= 11 is 0. The minimum absolute atomic E-state index is 0. The summed E-state index contributed by atoms with van der Waals surface area (Å²) in [6.45, 7) is -3.56. The smallest absolute Gasteiger partial charge is 0.402 e. The van der Waals surface area contributed by atoms with Crippen LogP contribution >= 0.6 is 0 Å². The van der Waals surface area contributed by atoms with Crippen molar-refractivity contribution in [3.63, 3.8) is 0 Å². The second-order valence-corrected chi connectivity index (χ2v) is 3.64. The zero-order chi connectivity index (χ0) is 16.9. The van der Waals surface area contributed by atoms with E-state index in [0.717, 1.165) is 0 Å². The van der Waals surface area contributed by atoms with Crippen LogP contribution in [0, 0.1) is 0 Å². The monoisotopic (exact) mass is 356 g/mol. The molecule has 134 valence electrons. The summed E-state index contributed by atoms with van der Waals surface area (Å²) in [6, 6.07) is -3.03. The highest BCUT2D eigenvalue weighted by Gasteiger charge is 2.47. The normalized spacial score (nSPS) is 12.6. The maximum absolute atomic E-state index is 13.0. The molecule has 0 unspecified atom stereocenters. The number of hydrogen-bond donors (Lipinski definition) is 0. The number of ether oxygens (including phenoxy) is 3. The molecule has 0 spiro atoms. The van der Waals surface area contributed by atoms with Crippen LogP contribution < -0.4 is 0 Å². The van der Waals surface area contributed by atoms with E-state index in [1.165, 1.54) is 0 Å². The molecule has 0 atom stereocenters. The standard InChI is InChI=1S/C9H9F9O3.FH/c1-19-9(17,18)4-20-3-7(13,14)2-8(15,16)21-6(12)5(10)11;/h2-4H2,1H3;1H. The van der Waals surface area contributed by atoms with Crippen molar-refractivity contribution in [2.45, 2.75) is 24.6 Å². The van der Waals surface area contributed by atoms with Gasteiger partial charge < -0.3 is 14.2 Å². The largest absolute Gasteiger partial charge is 0.405 e. The molecule has 0 aliphatic carbocycles. The van der Waals surface area contributed by atoms with Gasteiger partial charge in [-0.25, -0.2) is 8.78 Å². The van der Waals surface area contributed by atoms with E-state index in [1.54, 1.807) is 0 Å². The van der Waals surface area contributed by atoms with Crippen LogP contribution in [0.3, 0.4) is 0 Å². The summed E-state index contributed by atoms with van der Waals surface area (Å²) in [5, 5.41) is 0. The Bertz CT molecular complexity index is 367. The highest BCUT2D eigenvalue weighted by atomic mass is 19.3. The molecule has 0 N–H and O–H groups in total. The first-order chi connectivity index (χ1) is 9.30. The predicted molar refractivity (Wildman–Crippen MR) is 51.2 cm³/mol. The number of rotatable bonds is 9. The lowest BCUT2D eigenvalue weighted by Crippen LogP contribution is -2.36. The molecule has 0 aromatic carbocycles. The molecule has 0 aromatic rings. The molecule has 0 heterocycles. The van der Waals surface area contributed by atoms with E-state index in [-0.39, 0.29) is 4.70 Å². The molecule has 13 heteroatoms. The van der Waals surface area contributed by atoms with Crippen LogP contribution in [-0.4, -0.2) is 38.5 Å². The Morgan fingerprint density at radius 1 is 0.864 bits per heavy atom. The van der Waals surface area contributed by atoms with Crippen molar-refractivity contribution in [3.8, 4) is 0 Å². The van der Waals surface area contributed by atoms with E-state index in [9.17, 15) is 39.5 Å². The summed E-state index contributed by atoms with van der Waals surface area (Å²) in [7, 11) is 0.546. The molecule has 0 aliphatic rings. The van der Waals surface area contributed by atoms with Crippen LogP contribution in [0.1, 0.15) is 6.42 Å². The summed E-state index contributed by atoms with van der Waals surface area (Å²) in [5.74, 6) is -4.44. The van der Waals surface area contributed by atoms with Gasteiger partial charge in [0.05, 0.1) is 0 Å². The van der Waals surface area contributed by atoms with E-state index < -0.39 is 49.9 Å². The Kier molecular flexibility index (Phi) is 8.80. The zero-order valence-electron chi connectivity index (χ0n) is 10.7. The second kappa shape index (κ2) is 8.41. The lowest BCUT2D eigenvalue weighted by Gasteiger charge is -2.23. The summed E-state index contributed by atoms with van der Waals surface area (Å²) in [4.78, 5) is 0. The fourth-order valence-corrected chi connectivity index (χ4v) is 0.936. The van der Waals surface area contributed by atoms with Gasteiger partial charge in [-0.2, -0.15) is 30.7 Å². The Balaban J connectivity index is 0. The van der Waals surface area contributed by atoms with Crippen molar-refractivity contribution in [1.82, 2.24) is 0 Å². The van der Waals surface area contributed by atoms with Gasteiger partial charge in [-0.1, -0.05) is 0 Å². The molecular weight excluding hydrogens is 346 g/mol. The lowest BCUT2D eigenvalue weighted by atomic mass is 10.2. The highest BCUT2D eigenvalue weighted by molar-refractivity contribution is 4.83. The summed E-state index contributed by atoms with van der Waals surface area (Å²) in [6.07, 6.45) is -14.7. The molecule has 0 saturated heterocycles. The van der Waals surface area contributed by atoms with Gasteiger partial charge in [0.2, 0.25) is 0 Å². The number of hydrogen-bond acceptors (Lipinski definition) is 3. The quantitative estimate of drug-likeness (QED) is 0.461. The number of alkyl halides is 6. The van der Waals surface area contributed by atoms with Gasteiger partial charge in [0.15, 0.2) is 0 Å². The van der Waals surface area contributed by atoms with Crippen molar-refractivity contribution in [2.75, 3.05) is 20.3 Å². The lowest BCUT2D eigenvalue weighted by molar-refractivity contribution is -0.280. The second-order valence-electron chi connectivity index (χ2n) is 3.64. The van der Waals surface area contributed by atoms with Crippen LogP contribution in [0.25, 0.3) is 0 Å². The summed E-state index contributed by atoms with van der Waals surface area (Å²) < 4.78 is 121. The predicted octanol–water partition coefficient (Wildman–Crippen LogP) is 4.06. The van der Waals surface area contributed by atoms with Gasteiger partial charge in [0, 0.05) is 7.11 Å². The number of halogens is 10. The zero-order valence-corrected chi connectivity index (χ0v) is 10.7. The molecule has 0 radical (unpaired) electrons. The summed E-state index contributed by atoms with van der Waals surface area (Å²) in [5.41, 5.74) is 0. The van der Waals surface area contributed by atoms with E-state index in [0.29, 0.717) is 7.11 Å².